The Kier molecular flexibility index (Phi) is 3.79. The Morgan fingerprint density at radius 3 is 2.58 bits per heavy atom. The van der Waals surface area contributed by atoms with Gasteiger partial charge in [-0.1, -0.05) is 18.2 Å². The van der Waals surface area contributed by atoms with Gasteiger partial charge >= 0.3 is 0 Å². The molecule has 0 saturated carbocycles. The third kappa shape index (κ3) is 3.11. The Bertz CT molecular complexity index is 648. The molecule has 1 heterocycles. The van der Waals surface area contributed by atoms with Crippen LogP contribution in [0.5, 0.6) is 0 Å². The molecule has 0 aliphatic carbocycles. The standard InChI is InChI=1S/C15H13N3O/c1-18-9-5-8-14(18)10-12(11-16)15(19)17-13-6-3-2-4-7-13/h2-10H,1H3,(H,17,19)/b12-10-. The topological polar surface area (TPSA) is 57.8 Å². The first-order valence-corrected chi connectivity index (χ1v) is 5.80. The minimum atomic E-state index is -0.407. The summed E-state index contributed by atoms with van der Waals surface area (Å²) in [6, 6.07) is 14.7. The van der Waals surface area contributed by atoms with E-state index in [0.29, 0.717) is 5.69 Å². The van der Waals surface area contributed by atoms with Crippen molar-refractivity contribution in [1.82, 2.24) is 4.57 Å². The third-order valence-electron chi connectivity index (χ3n) is 2.67. The highest BCUT2D eigenvalue weighted by molar-refractivity contribution is 6.09. The molecule has 0 radical (unpaired) electrons. The van der Waals surface area contributed by atoms with E-state index in [2.05, 4.69) is 5.32 Å². The average molecular weight is 251 g/mol. The summed E-state index contributed by atoms with van der Waals surface area (Å²) in [6.07, 6.45) is 3.42. The number of hydrogen-bond donors (Lipinski definition) is 1. The van der Waals surface area contributed by atoms with Gasteiger partial charge in [-0.2, -0.15) is 5.26 Å². The van der Waals surface area contributed by atoms with Gasteiger partial charge in [0, 0.05) is 24.6 Å². The van der Waals surface area contributed by atoms with Gasteiger partial charge in [-0.15, -0.1) is 0 Å². The normalized spacial score (nSPS) is 10.8. The van der Waals surface area contributed by atoms with Crippen molar-refractivity contribution >= 4 is 17.7 Å². The lowest BCUT2D eigenvalue weighted by atomic mass is 10.2. The molecule has 94 valence electrons. The van der Waals surface area contributed by atoms with Crippen LogP contribution in [0.15, 0.2) is 54.2 Å². The van der Waals surface area contributed by atoms with Crippen LogP contribution in [0.2, 0.25) is 0 Å². The fourth-order valence-corrected chi connectivity index (χ4v) is 1.64. The summed E-state index contributed by atoms with van der Waals surface area (Å²) in [6.45, 7) is 0. The van der Waals surface area contributed by atoms with Crippen LogP contribution in [0, 0.1) is 11.3 Å². The van der Waals surface area contributed by atoms with Crippen LogP contribution in [-0.2, 0) is 11.8 Å². The number of aromatic nitrogens is 1. The number of hydrogen-bond acceptors (Lipinski definition) is 2. The molecule has 1 amide bonds. The number of nitrogens with one attached hydrogen (secondary N) is 1. The summed E-state index contributed by atoms with van der Waals surface area (Å²) in [5.41, 5.74) is 1.55. The molecule has 0 unspecified atom stereocenters. The second-order valence-corrected chi connectivity index (χ2v) is 4.03. The molecule has 2 rings (SSSR count). The number of carbonyl (C=O) groups is 1. The molecule has 0 spiro atoms. The highest BCUT2D eigenvalue weighted by Crippen LogP contribution is 2.10. The van der Waals surface area contributed by atoms with E-state index < -0.39 is 5.91 Å². The van der Waals surface area contributed by atoms with Crippen molar-refractivity contribution in [2.24, 2.45) is 7.05 Å². The van der Waals surface area contributed by atoms with Crippen LogP contribution >= 0.6 is 0 Å². The first kappa shape index (κ1) is 12.7. The predicted molar refractivity (Wildman–Crippen MR) is 74.1 cm³/mol. The van der Waals surface area contributed by atoms with E-state index >= 15 is 0 Å². The van der Waals surface area contributed by atoms with Crippen LogP contribution in [-0.4, -0.2) is 10.5 Å². The summed E-state index contributed by atoms with van der Waals surface area (Å²) in [4.78, 5) is 12.0. The fourth-order valence-electron chi connectivity index (χ4n) is 1.64. The molecular formula is C15H13N3O. The Balaban J connectivity index is 2.19. The molecule has 0 fully saturated rings. The summed E-state index contributed by atoms with van der Waals surface area (Å²) in [5.74, 6) is -0.407. The van der Waals surface area contributed by atoms with E-state index in [1.54, 1.807) is 18.2 Å². The van der Waals surface area contributed by atoms with E-state index in [0.717, 1.165) is 5.69 Å². The van der Waals surface area contributed by atoms with Crippen molar-refractivity contribution in [1.29, 1.82) is 5.26 Å². The zero-order valence-corrected chi connectivity index (χ0v) is 10.5. The van der Waals surface area contributed by atoms with Crippen LogP contribution in [0.1, 0.15) is 5.69 Å². The smallest absolute Gasteiger partial charge is 0.266 e. The minimum absolute atomic E-state index is 0.0747. The number of aryl methyl sites for hydroxylation is 1. The van der Waals surface area contributed by atoms with Gasteiger partial charge in [0.2, 0.25) is 0 Å². The number of carbonyl (C=O) groups excluding carboxylic acids is 1. The van der Waals surface area contributed by atoms with E-state index in [4.69, 9.17) is 5.26 Å². The number of para-hydroxylation sites is 1. The quantitative estimate of drug-likeness (QED) is 0.673. The van der Waals surface area contributed by atoms with Gasteiger partial charge < -0.3 is 9.88 Å². The maximum Gasteiger partial charge on any atom is 0.266 e. The van der Waals surface area contributed by atoms with Crippen molar-refractivity contribution in [2.45, 2.75) is 0 Å². The molecule has 1 aromatic heterocycles. The van der Waals surface area contributed by atoms with Gasteiger partial charge in [-0.3, -0.25) is 4.79 Å². The SMILES string of the molecule is Cn1cccc1/C=C(/C#N)C(=O)Nc1ccccc1. The summed E-state index contributed by atoms with van der Waals surface area (Å²) in [7, 11) is 1.86. The lowest BCUT2D eigenvalue weighted by Crippen LogP contribution is -2.13. The van der Waals surface area contributed by atoms with Crippen molar-refractivity contribution in [3.8, 4) is 6.07 Å². The molecule has 4 heteroatoms. The van der Waals surface area contributed by atoms with Crippen molar-refractivity contribution < 1.29 is 4.79 Å². The number of benzene rings is 1. The zero-order valence-electron chi connectivity index (χ0n) is 10.5. The highest BCUT2D eigenvalue weighted by atomic mass is 16.1. The Labute approximate surface area is 111 Å². The molecular weight excluding hydrogens is 238 g/mol. The lowest BCUT2D eigenvalue weighted by Gasteiger charge is -2.04. The molecule has 2 aromatic rings. The van der Waals surface area contributed by atoms with E-state index in [1.165, 1.54) is 0 Å². The second-order valence-electron chi connectivity index (χ2n) is 4.03. The van der Waals surface area contributed by atoms with E-state index in [-0.39, 0.29) is 5.57 Å². The predicted octanol–water partition coefficient (Wildman–Crippen LogP) is 2.57. The molecule has 0 aliphatic heterocycles. The third-order valence-corrected chi connectivity index (χ3v) is 2.67. The molecule has 19 heavy (non-hydrogen) atoms. The highest BCUT2D eigenvalue weighted by Gasteiger charge is 2.09. The summed E-state index contributed by atoms with van der Waals surface area (Å²) < 4.78 is 1.84. The zero-order chi connectivity index (χ0) is 13.7. The maximum atomic E-state index is 12.0. The largest absolute Gasteiger partial charge is 0.351 e. The summed E-state index contributed by atoms with van der Waals surface area (Å²) in [5, 5.41) is 11.8. The lowest BCUT2D eigenvalue weighted by molar-refractivity contribution is -0.112. The number of anilines is 1. The van der Waals surface area contributed by atoms with Crippen LogP contribution in [0.4, 0.5) is 5.69 Å². The first-order valence-electron chi connectivity index (χ1n) is 5.80. The van der Waals surface area contributed by atoms with Crippen LogP contribution in [0.3, 0.4) is 0 Å². The Hall–Kier alpha value is -2.80. The molecule has 0 aliphatic rings. The average Bonchev–Trinajstić information content (AvgIpc) is 2.82. The van der Waals surface area contributed by atoms with Crippen molar-refractivity contribution in [3.63, 3.8) is 0 Å². The Morgan fingerprint density at radius 1 is 1.26 bits per heavy atom. The van der Waals surface area contributed by atoms with Gasteiger partial charge in [-0.05, 0) is 30.3 Å². The van der Waals surface area contributed by atoms with Gasteiger partial charge in [0.15, 0.2) is 0 Å². The summed E-state index contributed by atoms with van der Waals surface area (Å²) >= 11 is 0. The van der Waals surface area contributed by atoms with E-state index in [1.807, 2.05) is 54.2 Å². The van der Waals surface area contributed by atoms with Gasteiger partial charge in [0.05, 0.1) is 0 Å². The number of amides is 1. The molecule has 0 saturated heterocycles. The molecule has 0 atom stereocenters. The van der Waals surface area contributed by atoms with Gasteiger partial charge in [0.1, 0.15) is 11.6 Å². The molecule has 4 nitrogen and oxygen atoms in total. The maximum absolute atomic E-state index is 12.0. The van der Waals surface area contributed by atoms with E-state index in [9.17, 15) is 4.79 Å². The first-order chi connectivity index (χ1) is 9.20. The molecule has 1 aromatic carbocycles. The molecule has 1 N–H and O–H groups in total. The fraction of sp³-hybridized carbons (Fsp3) is 0.0667. The Morgan fingerprint density at radius 2 is 2.00 bits per heavy atom. The van der Waals surface area contributed by atoms with Crippen molar-refractivity contribution in [3.05, 3.63) is 59.9 Å². The minimum Gasteiger partial charge on any atom is -0.351 e. The van der Waals surface area contributed by atoms with Crippen molar-refractivity contribution in [2.75, 3.05) is 5.32 Å². The number of nitriles is 1. The number of nitrogens with zero attached hydrogens (tertiary/aromatic N) is 2. The monoisotopic (exact) mass is 251 g/mol. The second kappa shape index (κ2) is 5.69. The van der Waals surface area contributed by atoms with Gasteiger partial charge in [0.25, 0.3) is 5.91 Å². The van der Waals surface area contributed by atoms with Crippen LogP contribution < -0.4 is 5.32 Å². The van der Waals surface area contributed by atoms with Gasteiger partial charge in [-0.25, -0.2) is 0 Å². The number of rotatable bonds is 3. The van der Waals surface area contributed by atoms with Crippen LogP contribution in [0.25, 0.3) is 6.08 Å². The molecule has 0 bridgehead atoms.